The lowest BCUT2D eigenvalue weighted by atomic mass is 10.0. The second-order valence-electron chi connectivity index (χ2n) is 3.35. The Morgan fingerprint density at radius 1 is 1.17 bits per heavy atom. The lowest BCUT2D eigenvalue weighted by Crippen LogP contribution is -1.97. The molecule has 0 unspecified atom stereocenters. The van der Waals surface area contributed by atoms with Crippen LogP contribution in [-0.4, -0.2) is 5.78 Å². The van der Waals surface area contributed by atoms with E-state index in [0.717, 1.165) is 32.1 Å². The summed E-state index contributed by atoms with van der Waals surface area (Å²) in [5, 5.41) is 0. The number of hydrogen-bond acceptors (Lipinski definition) is 1. The molecule has 0 saturated heterocycles. The summed E-state index contributed by atoms with van der Waals surface area (Å²) >= 11 is 0. The van der Waals surface area contributed by atoms with Gasteiger partial charge in [0.15, 0.2) is 0 Å². The van der Waals surface area contributed by atoms with E-state index in [4.69, 9.17) is 0 Å². The number of allylic oxidation sites excluding steroid dienone is 3. The van der Waals surface area contributed by atoms with Crippen LogP contribution in [0.5, 0.6) is 0 Å². The predicted molar refractivity (Wildman–Crippen MR) is 51.0 cm³/mol. The highest BCUT2D eigenvalue weighted by atomic mass is 16.1. The van der Waals surface area contributed by atoms with E-state index in [1.165, 1.54) is 5.57 Å². The fourth-order valence-corrected chi connectivity index (χ4v) is 1.38. The third-order valence-corrected chi connectivity index (χ3v) is 2.15. The number of rotatable bonds is 0. The Kier molecular flexibility index (Phi) is 3.78. The Morgan fingerprint density at radius 2 is 1.92 bits per heavy atom. The zero-order valence-corrected chi connectivity index (χ0v) is 7.51. The zero-order valence-electron chi connectivity index (χ0n) is 7.51. The Labute approximate surface area is 74.2 Å². The van der Waals surface area contributed by atoms with Crippen LogP contribution < -0.4 is 0 Å². The van der Waals surface area contributed by atoms with Gasteiger partial charge < -0.3 is 0 Å². The molecule has 0 aromatic rings. The van der Waals surface area contributed by atoms with Gasteiger partial charge in [-0.1, -0.05) is 24.3 Å². The van der Waals surface area contributed by atoms with E-state index in [1.54, 1.807) is 0 Å². The highest BCUT2D eigenvalue weighted by molar-refractivity contribution is 5.78. The fourth-order valence-electron chi connectivity index (χ4n) is 1.38. The van der Waals surface area contributed by atoms with Gasteiger partial charge in [-0.2, -0.15) is 0 Å². The van der Waals surface area contributed by atoms with E-state index in [9.17, 15) is 4.79 Å². The Bertz CT molecular complexity index is 201. The topological polar surface area (TPSA) is 17.1 Å². The molecule has 1 nitrogen and oxygen atoms in total. The molecule has 66 valence electrons. The van der Waals surface area contributed by atoms with Gasteiger partial charge in [-0.15, -0.1) is 0 Å². The van der Waals surface area contributed by atoms with Gasteiger partial charge in [0.2, 0.25) is 0 Å². The lowest BCUT2D eigenvalue weighted by molar-refractivity contribution is -0.119. The van der Waals surface area contributed by atoms with Crippen molar-refractivity contribution in [2.75, 3.05) is 0 Å². The first kappa shape index (κ1) is 9.24. The second-order valence-corrected chi connectivity index (χ2v) is 3.35. The molecule has 0 saturated carbocycles. The van der Waals surface area contributed by atoms with Gasteiger partial charge in [0, 0.05) is 12.8 Å². The monoisotopic (exact) mass is 164 g/mol. The summed E-state index contributed by atoms with van der Waals surface area (Å²) in [5.74, 6) is 0.409. The van der Waals surface area contributed by atoms with Crippen LogP contribution in [-0.2, 0) is 4.79 Å². The van der Waals surface area contributed by atoms with Gasteiger partial charge in [-0.25, -0.2) is 0 Å². The van der Waals surface area contributed by atoms with Crippen molar-refractivity contribution < 1.29 is 4.79 Å². The number of carbonyl (C=O) groups excluding carboxylic acids is 1. The van der Waals surface area contributed by atoms with Crippen LogP contribution in [0.15, 0.2) is 24.3 Å². The number of carbonyl (C=O) groups is 1. The second kappa shape index (κ2) is 4.91. The minimum absolute atomic E-state index is 0.409. The van der Waals surface area contributed by atoms with Crippen molar-refractivity contribution in [3.8, 4) is 0 Å². The van der Waals surface area contributed by atoms with E-state index in [-0.39, 0.29) is 0 Å². The minimum atomic E-state index is 0.409. The Morgan fingerprint density at radius 3 is 2.75 bits per heavy atom. The smallest absolute Gasteiger partial charge is 0.133 e. The van der Waals surface area contributed by atoms with Gasteiger partial charge >= 0.3 is 0 Å². The first-order valence-electron chi connectivity index (χ1n) is 4.65. The molecule has 0 aliphatic heterocycles. The van der Waals surface area contributed by atoms with E-state index >= 15 is 0 Å². The van der Waals surface area contributed by atoms with E-state index in [2.05, 4.69) is 18.7 Å². The van der Waals surface area contributed by atoms with Crippen LogP contribution in [0.1, 0.15) is 38.5 Å². The summed E-state index contributed by atoms with van der Waals surface area (Å²) < 4.78 is 0. The minimum Gasteiger partial charge on any atom is -0.300 e. The highest BCUT2D eigenvalue weighted by Gasteiger charge is 2.02. The molecule has 0 spiro atoms. The predicted octanol–water partition coefficient (Wildman–Crippen LogP) is 3.02. The number of ketones is 1. The van der Waals surface area contributed by atoms with Crippen LogP contribution in [0.2, 0.25) is 0 Å². The van der Waals surface area contributed by atoms with Crippen molar-refractivity contribution in [3.63, 3.8) is 0 Å². The molecular weight excluding hydrogens is 148 g/mol. The summed E-state index contributed by atoms with van der Waals surface area (Å²) in [5.41, 5.74) is 1.20. The standard InChI is InChI=1S/C11H16O/c1-10-6-2-4-8-11(12)9-5-3-7-10/h2,6H,1,3-5,7-9H2/b6-2-. The maximum atomic E-state index is 11.1. The van der Waals surface area contributed by atoms with E-state index in [0.29, 0.717) is 12.2 Å². The average molecular weight is 164 g/mol. The Hall–Kier alpha value is -0.850. The third-order valence-electron chi connectivity index (χ3n) is 2.15. The van der Waals surface area contributed by atoms with E-state index in [1.807, 2.05) is 0 Å². The summed E-state index contributed by atoms with van der Waals surface area (Å²) in [6.45, 7) is 3.94. The summed E-state index contributed by atoms with van der Waals surface area (Å²) in [4.78, 5) is 11.1. The highest BCUT2D eigenvalue weighted by Crippen LogP contribution is 2.12. The molecule has 1 heteroatoms. The molecule has 0 fully saturated rings. The summed E-state index contributed by atoms with van der Waals surface area (Å²) in [6, 6.07) is 0. The molecule has 0 heterocycles. The van der Waals surface area contributed by atoms with Crippen molar-refractivity contribution in [1.29, 1.82) is 0 Å². The molecule has 1 aliphatic carbocycles. The maximum absolute atomic E-state index is 11.1. The van der Waals surface area contributed by atoms with Crippen molar-refractivity contribution in [3.05, 3.63) is 24.3 Å². The molecule has 0 amide bonds. The molecule has 0 bridgehead atoms. The summed E-state index contributed by atoms with van der Waals surface area (Å²) in [6.07, 6.45) is 9.66. The molecule has 1 aliphatic rings. The van der Waals surface area contributed by atoms with Crippen LogP contribution >= 0.6 is 0 Å². The summed E-state index contributed by atoms with van der Waals surface area (Å²) in [7, 11) is 0. The van der Waals surface area contributed by atoms with Gasteiger partial charge in [0.25, 0.3) is 0 Å². The first-order chi connectivity index (χ1) is 5.79. The largest absolute Gasteiger partial charge is 0.300 e. The van der Waals surface area contributed by atoms with Crippen molar-refractivity contribution in [2.45, 2.75) is 38.5 Å². The van der Waals surface area contributed by atoms with Crippen LogP contribution in [0.4, 0.5) is 0 Å². The van der Waals surface area contributed by atoms with Crippen molar-refractivity contribution in [2.24, 2.45) is 0 Å². The van der Waals surface area contributed by atoms with Gasteiger partial charge in [0.05, 0.1) is 0 Å². The van der Waals surface area contributed by atoms with E-state index < -0.39 is 0 Å². The van der Waals surface area contributed by atoms with Crippen LogP contribution in [0.3, 0.4) is 0 Å². The quantitative estimate of drug-likeness (QED) is 0.538. The molecule has 0 atom stereocenters. The van der Waals surface area contributed by atoms with Gasteiger partial charge in [-0.05, 0) is 25.7 Å². The molecule has 0 radical (unpaired) electrons. The molecule has 0 aromatic heterocycles. The lowest BCUT2D eigenvalue weighted by Gasteiger charge is -2.03. The fraction of sp³-hybridized carbons (Fsp3) is 0.545. The number of Topliss-reactive ketones (excluding diaryl/α,β-unsaturated/α-hetero) is 1. The van der Waals surface area contributed by atoms with Crippen molar-refractivity contribution in [1.82, 2.24) is 0 Å². The maximum Gasteiger partial charge on any atom is 0.133 e. The van der Waals surface area contributed by atoms with Crippen LogP contribution in [0, 0.1) is 0 Å². The van der Waals surface area contributed by atoms with Gasteiger partial charge in [0.1, 0.15) is 5.78 Å². The normalized spacial score (nSPS) is 23.7. The number of hydrogen-bond donors (Lipinski definition) is 0. The zero-order chi connectivity index (χ0) is 8.81. The first-order valence-corrected chi connectivity index (χ1v) is 4.65. The average Bonchev–Trinajstić information content (AvgIpc) is 2.06. The third kappa shape index (κ3) is 3.51. The molecule has 1 rings (SSSR count). The molecule has 0 aromatic carbocycles. The van der Waals surface area contributed by atoms with Crippen LogP contribution in [0.25, 0.3) is 0 Å². The Balaban J connectivity index is 2.44. The SMILES string of the molecule is C=C1/C=C\CCC(=O)CCCC1. The molecule has 12 heavy (non-hydrogen) atoms. The molecular formula is C11H16O. The van der Waals surface area contributed by atoms with Gasteiger partial charge in [-0.3, -0.25) is 4.79 Å². The molecule has 0 N–H and O–H groups in total. The van der Waals surface area contributed by atoms with Crippen molar-refractivity contribution >= 4 is 5.78 Å².